The number of anilines is 2. The average Bonchev–Trinajstić information content (AvgIpc) is 3.08. The van der Waals surface area contributed by atoms with Crippen molar-refractivity contribution >= 4 is 34.9 Å². The molecular formula is C21H19FN2O5. The summed E-state index contributed by atoms with van der Waals surface area (Å²) in [5.74, 6) is -2.75. The number of nitrogens with one attached hydrogen (secondary N) is 1. The number of hydrogen-bond acceptors (Lipinski definition) is 5. The molecule has 29 heavy (non-hydrogen) atoms. The van der Waals surface area contributed by atoms with Crippen LogP contribution < -0.4 is 10.2 Å². The van der Waals surface area contributed by atoms with Gasteiger partial charge in [-0.15, -0.1) is 0 Å². The molecule has 8 heteroatoms. The first-order valence-corrected chi connectivity index (χ1v) is 8.97. The molecule has 150 valence electrons. The average molecular weight is 398 g/mol. The number of ether oxygens (including phenoxy) is 1. The van der Waals surface area contributed by atoms with Crippen LogP contribution in [0.3, 0.4) is 0 Å². The summed E-state index contributed by atoms with van der Waals surface area (Å²) in [7, 11) is 0. The Morgan fingerprint density at radius 2 is 1.90 bits per heavy atom. The monoisotopic (exact) mass is 398 g/mol. The van der Waals surface area contributed by atoms with Crippen molar-refractivity contribution in [3.63, 3.8) is 0 Å². The first-order valence-electron chi connectivity index (χ1n) is 8.97. The highest BCUT2D eigenvalue weighted by Crippen LogP contribution is 2.26. The van der Waals surface area contributed by atoms with E-state index in [1.165, 1.54) is 42.2 Å². The lowest BCUT2D eigenvalue weighted by atomic mass is 10.1. The Labute approximate surface area is 166 Å². The van der Waals surface area contributed by atoms with Crippen LogP contribution in [0.1, 0.15) is 23.7 Å². The Morgan fingerprint density at radius 3 is 2.59 bits per heavy atom. The highest BCUT2D eigenvalue weighted by molar-refractivity contribution is 6.00. The second-order valence-electron chi connectivity index (χ2n) is 6.67. The number of amides is 2. The molecule has 0 aliphatic carbocycles. The minimum Gasteiger partial charge on any atom is -0.455 e. The van der Waals surface area contributed by atoms with Gasteiger partial charge in [-0.1, -0.05) is 12.1 Å². The molecule has 0 bridgehead atoms. The molecule has 1 N–H and O–H groups in total. The van der Waals surface area contributed by atoms with E-state index in [0.717, 1.165) is 0 Å². The third-order valence-corrected chi connectivity index (χ3v) is 4.50. The van der Waals surface area contributed by atoms with Gasteiger partial charge in [0.05, 0.1) is 5.92 Å². The minimum absolute atomic E-state index is 0.0432. The normalized spacial score (nSPS) is 15.9. The van der Waals surface area contributed by atoms with Crippen LogP contribution in [-0.2, 0) is 19.1 Å². The van der Waals surface area contributed by atoms with Crippen molar-refractivity contribution in [1.29, 1.82) is 0 Å². The van der Waals surface area contributed by atoms with Crippen LogP contribution in [0.25, 0.3) is 0 Å². The van der Waals surface area contributed by atoms with Gasteiger partial charge in [0.15, 0.2) is 12.4 Å². The second kappa shape index (κ2) is 8.64. The minimum atomic E-state index is -0.707. The fourth-order valence-corrected chi connectivity index (χ4v) is 3.00. The topological polar surface area (TPSA) is 92.8 Å². The van der Waals surface area contributed by atoms with E-state index in [-0.39, 0.29) is 24.7 Å². The summed E-state index contributed by atoms with van der Waals surface area (Å²) >= 11 is 0. The zero-order valence-electron chi connectivity index (χ0n) is 15.7. The van der Waals surface area contributed by atoms with Crippen molar-refractivity contribution < 1.29 is 28.3 Å². The van der Waals surface area contributed by atoms with Gasteiger partial charge in [-0.05, 0) is 43.3 Å². The number of esters is 1. The number of Topliss-reactive ketones (excluding diaryl/α,β-unsaturated/α-hetero) is 1. The van der Waals surface area contributed by atoms with Crippen molar-refractivity contribution in [3.05, 3.63) is 59.9 Å². The molecule has 0 aromatic heterocycles. The van der Waals surface area contributed by atoms with E-state index < -0.39 is 30.2 Å². The summed E-state index contributed by atoms with van der Waals surface area (Å²) < 4.78 is 18.1. The van der Waals surface area contributed by atoms with E-state index in [1.807, 2.05) is 0 Å². The van der Waals surface area contributed by atoms with Crippen LogP contribution in [0.5, 0.6) is 0 Å². The fourth-order valence-electron chi connectivity index (χ4n) is 3.00. The van der Waals surface area contributed by atoms with E-state index in [9.17, 15) is 23.6 Å². The molecule has 0 saturated carbocycles. The molecule has 0 spiro atoms. The summed E-state index contributed by atoms with van der Waals surface area (Å²) in [6.45, 7) is 1.01. The van der Waals surface area contributed by atoms with Crippen molar-refractivity contribution in [2.75, 3.05) is 23.4 Å². The first-order chi connectivity index (χ1) is 13.8. The number of benzene rings is 2. The Morgan fingerprint density at radius 1 is 1.17 bits per heavy atom. The number of nitrogens with zero attached hydrogens (tertiary/aromatic N) is 1. The molecule has 0 unspecified atom stereocenters. The third-order valence-electron chi connectivity index (χ3n) is 4.50. The van der Waals surface area contributed by atoms with Gasteiger partial charge in [-0.3, -0.25) is 19.2 Å². The van der Waals surface area contributed by atoms with Gasteiger partial charge in [0.1, 0.15) is 5.82 Å². The highest BCUT2D eigenvalue weighted by Gasteiger charge is 2.36. The second-order valence-corrected chi connectivity index (χ2v) is 6.67. The number of ketones is 1. The summed E-state index contributed by atoms with van der Waals surface area (Å²) in [6, 6.07) is 11.8. The van der Waals surface area contributed by atoms with Crippen LogP contribution in [0, 0.1) is 11.7 Å². The number of hydrogen-bond donors (Lipinski definition) is 1. The van der Waals surface area contributed by atoms with Crippen molar-refractivity contribution in [2.45, 2.75) is 13.3 Å². The molecule has 2 amide bonds. The molecule has 2 aromatic rings. The lowest BCUT2D eigenvalue weighted by molar-refractivity contribution is -0.151. The van der Waals surface area contributed by atoms with E-state index in [1.54, 1.807) is 18.2 Å². The summed E-state index contributed by atoms with van der Waals surface area (Å²) in [6.07, 6.45) is -0.0432. The zero-order valence-corrected chi connectivity index (χ0v) is 15.7. The number of carbonyl (C=O) groups excluding carboxylic acids is 4. The summed E-state index contributed by atoms with van der Waals surface area (Å²) in [5, 5.41) is 2.55. The van der Waals surface area contributed by atoms with E-state index >= 15 is 0 Å². The predicted octanol–water partition coefficient (Wildman–Crippen LogP) is 2.56. The maximum Gasteiger partial charge on any atom is 0.311 e. The van der Waals surface area contributed by atoms with Gasteiger partial charge in [0.2, 0.25) is 5.91 Å². The highest BCUT2D eigenvalue weighted by atomic mass is 19.1. The summed E-state index contributed by atoms with van der Waals surface area (Å²) in [5.41, 5.74) is 1.36. The molecule has 1 fully saturated rings. The van der Waals surface area contributed by atoms with Crippen LogP contribution in [0.4, 0.5) is 15.8 Å². The van der Waals surface area contributed by atoms with E-state index in [0.29, 0.717) is 16.9 Å². The van der Waals surface area contributed by atoms with Gasteiger partial charge in [0.25, 0.3) is 5.91 Å². The Kier molecular flexibility index (Phi) is 6.01. The van der Waals surface area contributed by atoms with Gasteiger partial charge < -0.3 is 15.0 Å². The molecule has 0 radical (unpaired) electrons. The van der Waals surface area contributed by atoms with Crippen LogP contribution >= 0.6 is 0 Å². The fraction of sp³-hybridized carbons (Fsp3) is 0.238. The smallest absolute Gasteiger partial charge is 0.311 e. The standard InChI is InChI=1S/C21H19FN2O5/c1-13(25)14-3-2-4-17(9-14)23-19(26)12-29-21(28)15-10-20(27)24(11-15)18-7-5-16(22)6-8-18/h2-9,15H,10-12H2,1H3,(H,23,26)/t15-/m1/s1. The predicted molar refractivity (Wildman–Crippen MR) is 103 cm³/mol. The van der Waals surface area contributed by atoms with Gasteiger partial charge in [-0.2, -0.15) is 0 Å². The van der Waals surface area contributed by atoms with Crippen LogP contribution in [0.15, 0.2) is 48.5 Å². The largest absolute Gasteiger partial charge is 0.455 e. The molecule has 1 heterocycles. The number of rotatable bonds is 6. The van der Waals surface area contributed by atoms with Crippen LogP contribution in [-0.4, -0.2) is 36.7 Å². The Hall–Kier alpha value is -3.55. The van der Waals surface area contributed by atoms with Crippen molar-refractivity contribution in [2.24, 2.45) is 5.92 Å². The SMILES string of the molecule is CC(=O)c1cccc(NC(=O)COC(=O)[C@@H]2CC(=O)N(c3ccc(F)cc3)C2)c1. The van der Waals surface area contributed by atoms with E-state index in [4.69, 9.17) is 4.74 Å². The molecule has 1 aliphatic heterocycles. The molecule has 3 rings (SSSR count). The van der Waals surface area contributed by atoms with Crippen molar-refractivity contribution in [1.82, 2.24) is 0 Å². The maximum absolute atomic E-state index is 13.0. The van der Waals surface area contributed by atoms with Gasteiger partial charge in [-0.25, -0.2) is 4.39 Å². The molecule has 1 aliphatic rings. The molecule has 7 nitrogen and oxygen atoms in total. The Bertz CT molecular complexity index is 958. The van der Waals surface area contributed by atoms with Crippen molar-refractivity contribution in [3.8, 4) is 0 Å². The number of halogens is 1. The van der Waals surface area contributed by atoms with Crippen LogP contribution in [0.2, 0.25) is 0 Å². The number of carbonyl (C=O) groups is 4. The van der Waals surface area contributed by atoms with Gasteiger partial charge >= 0.3 is 5.97 Å². The third kappa shape index (κ3) is 5.04. The molecule has 1 saturated heterocycles. The quantitative estimate of drug-likeness (QED) is 0.596. The molecule has 2 aromatic carbocycles. The Balaban J connectivity index is 1.52. The van der Waals surface area contributed by atoms with E-state index in [2.05, 4.69) is 5.32 Å². The lowest BCUT2D eigenvalue weighted by Crippen LogP contribution is -2.28. The zero-order chi connectivity index (χ0) is 21.0. The first kappa shape index (κ1) is 20.2. The van der Waals surface area contributed by atoms with Gasteiger partial charge in [0, 0.05) is 29.9 Å². The maximum atomic E-state index is 13.0. The molecular weight excluding hydrogens is 379 g/mol. The summed E-state index contributed by atoms with van der Waals surface area (Å²) in [4.78, 5) is 49.2. The lowest BCUT2D eigenvalue weighted by Gasteiger charge is -2.16. The molecule has 1 atom stereocenters.